The minimum absolute atomic E-state index is 0.833. The Morgan fingerprint density at radius 2 is 2.14 bits per heavy atom. The molecule has 0 bridgehead atoms. The molecule has 0 spiro atoms. The molecule has 72 valence electrons. The number of fused-ring (bicyclic) bond motifs is 1. The molecule has 14 heavy (non-hydrogen) atoms. The molecule has 1 heterocycles. The number of halogens is 1. The van der Waals surface area contributed by atoms with E-state index < -0.39 is 0 Å². The Morgan fingerprint density at radius 3 is 2.86 bits per heavy atom. The van der Waals surface area contributed by atoms with E-state index in [1.165, 1.54) is 29.3 Å². The van der Waals surface area contributed by atoms with Crippen molar-refractivity contribution in [1.29, 1.82) is 0 Å². The van der Waals surface area contributed by atoms with E-state index in [-0.39, 0.29) is 0 Å². The second-order valence-corrected chi connectivity index (χ2v) is 5.05. The predicted octanol–water partition coefficient (Wildman–Crippen LogP) is 3.82. The molecule has 1 aromatic carbocycles. The molecule has 3 rings (SSSR count). The molecule has 1 aliphatic rings. The van der Waals surface area contributed by atoms with Crippen LogP contribution in [0.25, 0.3) is 10.9 Å². The van der Waals surface area contributed by atoms with Crippen molar-refractivity contribution in [1.82, 2.24) is 4.57 Å². The summed E-state index contributed by atoms with van der Waals surface area (Å²) in [5.41, 5.74) is 2.87. The molecule has 2 heteroatoms. The number of nitrogens with zero attached hydrogens (tertiary/aromatic N) is 1. The Hall–Kier alpha value is -0.760. The standard InChI is InChI=1S/C12H12BrN/c1-14-7-11(8-2-3-8)10-5-4-9(13)6-12(10)14/h4-8H,2-3H2,1H3. The van der Waals surface area contributed by atoms with Gasteiger partial charge >= 0.3 is 0 Å². The highest BCUT2D eigenvalue weighted by atomic mass is 79.9. The van der Waals surface area contributed by atoms with Gasteiger partial charge in [0.15, 0.2) is 0 Å². The van der Waals surface area contributed by atoms with Crippen LogP contribution in [-0.4, -0.2) is 4.57 Å². The fraction of sp³-hybridized carbons (Fsp3) is 0.333. The van der Waals surface area contributed by atoms with Crippen molar-refractivity contribution in [2.24, 2.45) is 7.05 Å². The van der Waals surface area contributed by atoms with Crippen molar-refractivity contribution in [3.05, 3.63) is 34.4 Å². The molecule has 0 aliphatic heterocycles. The summed E-state index contributed by atoms with van der Waals surface area (Å²) in [6.07, 6.45) is 5.03. The van der Waals surface area contributed by atoms with Crippen LogP contribution < -0.4 is 0 Å². The van der Waals surface area contributed by atoms with Gasteiger partial charge in [-0.2, -0.15) is 0 Å². The quantitative estimate of drug-likeness (QED) is 0.725. The molecule has 1 nitrogen and oxygen atoms in total. The molecule has 2 aromatic rings. The first kappa shape index (κ1) is 8.54. The maximum atomic E-state index is 3.52. The highest BCUT2D eigenvalue weighted by molar-refractivity contribution is 9.10. The average Bonchev–Trinajstić information content (AvgIpc) is 2.94. The van der Waals surface area contributed by atoms with Crippen LogP contribution in [0.1, 0.15) is 24.3 Å². The van der Waals surface area contributed by atoms with Gasteiger partial charge in [-0.05, 0) is 36.5 Å². The molecule has 1 aromatic heterocycles. The van der Waals surface area contributed by atoms with Crippen molar-refractivity contribution >= 4 is 26.8 Å². The Kier molecular flexibility index (Phi) is 1.75. The Labute approximate surface area is 91.9 Å². The maximum Gasteiger partial charge on any atom is 0.0491 e. The van der Waals surface area contributed by atoms with Gasteiger partial charge in [0.05, 0.1) is 0 Å². The zero-order chi connectivity index (χ0) is 9.71. The zero-order valence-electron chi connectivity index (χ0n) is 8.13. The molecule has 0 atom stereocenters. The lowest BCUT2D eigenvalue weighted by molar-refractivity contribution is 0.952. The molecule has 0 radical (unpaired) electrons. The van der Waals surface area contributed by atoms with E-state index in [4.69, 9.17) is 0 Å². The van der Waals surface area contributed by atoms with Crippen LogP contribution in [0.15, 0.2) is 28.9 Å². The number of benzene rings is 1. The first-order valence-electron chi connectivity index (χ1n) is 5.00. The summed E-state index contributed by atoms with van der Waals surface area (Å²) in [4.78, 5) is 0. The third kappa shape index (κ3) is 1.21. The summed E-state index contributed by atoms with van der Waals surface area (Å²) in [7, 11) is 2.13. The van der Waals surface area contributed by atoms with Gasteiger partial charge in [-0.1, -0.05) is 22.0 Å². The lowest BCUT2D eigenvalue weighted by atomic mass is 10.1. The number of hydrogen-bond acceptors (Lipinski definition) is 0. The van der Waals surface area contributed by atoms with E-state index in [1.807, 2.05) is 0 Å². The number of hydrogen-bond donors (Lipinski definition) is 0. The fourth-order valence-electron chi connectivity index (χ4n) is 2.11. The minimum atomic E-state index is 0.833. The SMILES string of the molecule is Cn1cc(C2CC2)c2ccc(Br)cc21. The number of aryl methyl sites for hydroxylation is 1. The topological polar surface area (TPSA) is 4.93 Å². The molecule has 0 N–H and O–H groups in total. The van der Waals surface area contributed by atoms with Crippen LogP contribution >= 0.6 is 15.9 Å². The van der Waals surface area contributed by atoms with Crippen molar-refractivity contribution < 1.29 is 0 Å². The van der Waals surface area contributed by atoms with Gasteiger partial charge in [0.25, 0.3) is 0 Å². The zero-order valence-corrected chi connectivity index (χ0v) is 9.71. The van der Waals surface area contributed by atoms with Gasteiger partial charge in [0, 0.05) is 28.6 Å². The molecule has 0 saturated heterocycles. The summed E-state index contributed by atoms with van der Waals surface area (Å²) >= 11 is 3.52. The molecule has 1 saturated carbocycles. The van der Waals surface area contributed by atoms with Gasteiger partial charge < -0.3 is 4.57 Å². The van der Waals surface area contributed by atoms with Gasteiger partial charge in [-0.3, -0.25) is 0 Å². The third-order valence-corrected chi connectivity index (χ3v) is 3.49. The van der Waals surface area contributed by atoms with Crippen molar-refractivity contribution in [2.75, 3.05) is 0 Å². The second kappa shape index (κ2) is 2.86. The van der Waals surface area contributed by atoms with Crippen LogP contribution in [-0.2, 0) is 7.05 Å². The van der Waals surface area contributed by atoms with E-state index in [2.05, 4.69) is 51.9 Å². The summed E-state index contributed by atoms with van der Waals surface area (Å²) in [6, 6.07) is 6.56. The first-order valence-corrected chi connectivity index (χ1v) is 5.79. The number of aromatic nitrogens is 1. The highest BCUT2D eigenvalue weighted by Crippen LogP contribution is 2.43. The van der Waals surface area contributed by atoms with Gasteiger partial charge in [-0.25, -0.2) is 0 Å². The fourth-order valence-corrected chi connectivity index (χ4v) is 2.46. The monoisotopic (exact) mass is 249 g/mol. The van der Waals surface area contributed by atoms with E-state index >= 15 is 0 Å². The largest absolute Gasteiger partial charge is 0.350 e. The summed E-state index contributed by atoms with van der Waals surface area (Å²) in [5, 5.41) is 1.43. The second-order valence-electron chi connectivity index (χ2n) is 4.13. The molecular formula is C12H12BrN. The summed E-state index contributed by atoms with van der Waals surface area (Å²) < 4.78 is 3.39. The van der Waals surface area contributed by atoms with E-state index in [0.29, 0.717) is 0 Å². The minimum Gasteiger partial charge on any atom is -0.350 e. The van der Waals surface area contributed by atoms with Crippen molar-refractivity contribution in [2.45, 2.75) is 18.8 Å². The van der Waals surface area contributed by atoms with Gasteiger partial charge in [-0.15, -0.1) is 0 Å². The van der Waals surface area contributed by atoms with Crippen LogP contribution in [0.2, 0.25) is 0 Å². The normalized spacial score (nSPS) is 16.4. The number of rotatable bonds is 1. The lowest BCUT2D eigenvalue weighted by Crippen LogP contribution is -1.82. The first-order chi connectivity index (χ1) is 6.75. The van der Waals surface area contributed by atoms with E-state index in [0.717, 1.165) is 10.4 Å². The van der Waals surface area contributed by atoms with Crippen LogP contribution in [0.5, 0.6) is 0 Å². The highest BCUT2D eigenvalue weighted by Gasteiger charge is 2.26. The van der Waals surface area contributed by atoms with E-state index in [1.54, 1.807) is 0 Å². The van der Waals surface area contributed by atoms with Crippen molar-refractivity contribution in [3.63, 3.8) is 0 Å². The molecule has 0 amide bonds. The Morgan fingerprint density at radius 1 is 1.36 bits per heavy atom. The van der Waals surface area contributed by atoms with Crippen molar-refractivity contribution in [3.8, 4) is 0 Å². The third-order valence-electron chi connectivity index (χ3n) is 3.00. The van der Waals surface area contributed by atoms with Gasteiger partial charge in [0.1, 0.15) is 0 Å². The molecule has 0 unspecified atom stereocenters. The molecule has 1 fully saturated rings. The predicted molar refractivity (Wildman–Crippen MR) is 62.6 cm³/mol. The summed E-state index contributed by atoms with van der Waals surface area (Å²) in [6.45, 7) is 0. The summed E-state index contributed by atoms with van der Waals surface area (Å²) in [5.74, 6) is 0.833. The van der Waals surface area contributed by atoms with Gasteiger partial charge in [0.2, 0.25) is 0 Å². The smallest absolute Gasteiger partial charge is 0.0491 e. The van der Waals surface area contributed by atoms with Crippen LogP contribution in [0.4, 0.5) is 0 Å². The molecular weight excluding hydrogens is 238 g/mol. The average molecular weight is 250 g/mol. The lowest BCUT2D eigenvalue weighted by Gasteiger charge is -1.96. The Balaban J connectivity index is 2.32. The van der Waals surface area contributed by atoms with Crippen LogP contribution in [0, 0.1) is 0 Å². The maximum absolute atomic E-state index is 3.52. The van der Waals surface area contributed by atoms with Crippen LogP contribution in [0.3, 0.4) is 0 Å². The van der Waals surface area contributed by atoms with E-state index in [9.17, 15) is 0 Å². The molecule has 1 aliphatic carbocycles. The Bertz CT molecular complexity index is 494.